The van der Waals surface area contributed by atoms with E-state index < -0.39 is 11.5 Å². The van der Waals surface area contributed by atoms with Crippen LogP contribution in [0.2, 0.25) is 0 Å². The molecule has 0 saturated heterocycles. The monoisotopic (exact) mass is 576 g/mol. The summed E-state index contributed by atoms with van der Waals surface area (Å²) in [7, 11) is 1.36. The number of H-pyrrole nitrogens is 1. The molecule has 0 unspecified atom stereocenters. The minimum Gasteiger partial charge on any atom is -0.491 e. The maximum Gasteiger partial charge on any atom is 0.337 e. The van der Waals surface area contributed by atoms with E-state index in [2.05, 4.69) is 39.1 Å². The van der Waals surface area contributed by atoms with Crippen molar-refractivity contribution in [3.63, 3.8) is 0 Å². The van der Waals surface area contributed by atoms with Crippen molar-refractivity contribution >= 4 is 33.8 Å². The largest absolute Gasteiger partial charge is 0.491 e. The molecule has 2 N–H and O–H groups in total. The Balaban J connectivity index is 1.26. The van der Waals surface area contributed by atoms with Crippen LogP contribution in [0.15, 0.2) is 60.7 Å². The number of rotatable bonds is 5. The molecule has 8 nitrogen and oxygen atoms in total. The SMILES string of the molecule is COC(=O)c1ccc2nc(C(C)(C)NC(=O)c3ccc4c(C5CCCCC5)c5n(c4c3)CCOc3ccccc3-5)[nH]c2c1. The maximum absolute atomic E-state index is 13.8. The third-order valence-corrected chi connectivity index (χ3v) is 9.02. The van der Waals surface area contributed by atoms with Crippen molar-refractivity contribution in [1.29, 1.82) is 0 Å². The standard InChI is InChI=1S/C35H36N4O4/c1-35(2,34-36-26-16-14-23(33(41)42-3)19-27(26)37-34)38-32(40)22-13-15-24-28(20-22)39-17-18-43-29-12-8-7-11-25(29)31(39)30(24)21-9-5-4-6-10-21/h7-8,11-16,19-21H,4-6,9-10,17-18H2,1-3H3,(H,36,37)(H,38,40). The van der Waals surface area contributed by atoms with Gasteiger partial charge in [-0.15, -0.1) is 0 Å². The lowest BCUT2D eigenvalue weighted by molar-refractivity contribution is 0.0600. The second-order valence-corrected chi connectivity index (χ2v) is 12.2. The van der Waals surface area contributed by atoms with Gasteiger partial charge in [0.25, 0.3) is 5.91 Å². The molecule has 0 radical (unpaired) electrons. The number of hydrogen-bond acceptors (Lipinski definition) is 5. The van der Waals surface area contributed by atoms with E-state index in [-0.39, 0.29) is 5.91 Å². The van der Waals surface area contributed by atoms with E-state index in [4.69, 9.17) is 14.5 Å². The predicted molar refractivity (Wildman–Crippen MR) is 167 cm³/mol. The Hall–Kier alpha value is -4.59. The molecule has 2 aliphatic rings. The summed E-state index contributed by atoms with van der Waals surface area (Å²) in [6.07, 6.45) is 6.16. The molecule has 0 bridgehead atoms. The molecule has 1 saturated carbocycles. The maximum atomic E-state index is 13.8. The van der Waals surface area contributed by atoms with Crippen LogP contribution >= 0.6 is 0 Å². The third-order valence-electron chi connectivity index (χ3n) is 9.02. The van der Waals surface area contributed by atoms with Gasteiger partial charge in [0.2, 0.25) is 0 Å². The minimum absolute atomic E-state index is 0.178. The van der Waals surface area contributed by atoms with Crippen LogP contribution in [-0.2, 0) is 16.8 Å². The number of hydrogen-bond donors (Lipinski definition) is 2. The van der Waals surface area contributed by atoms with Crippen LogP contribution in [0.3, 0.4) is 0 Å². The molecule has 1 aliphatic carbocycles. The predicted octanol–water partition coefficient (Wildman–Crippen LogP) is 7.08. The van der Waals surface area contributed by atoms with Crippen LogP contribution in [0.1, 0.15) is 84.0 Å². The Morgan fingerprint density at radius 3 is 2.63 bits per heavy atom. The van der Waals surface area contributed by atoms with Crippen molar-refractivity contribution in [3.05, 3.63) is 83.2 Å². The molecule has 5 aromatic rings. The lowest BCUT2D eigenvalue weighted by Gasteiger charge is -2.24. The summed E-state index contributed by atoms with van der Waals surface area (Å²) < 4.78 is 13.4. The number of esters is 1. The normalized spacial score (nSPS) is 15.4. The number of benzene rings is 3. The molecule has 1 amide bonds. The highest BCUT2D eigenvalue weighted by molar-refractivity contribution is 6.01. The average Bonchev–Trinajstić information content (AvgIpc) is 3.54. The fourth-order valence-corrected chi connectivity index (χ4v) is 6.85. The van der Waals surface area contributed by atoms with Gasteiger partial charge in [0, 0.05) is 22.0 Å². The number of imidazole rings is 1. The zero-order chi connectivity index (χ0) is 29.7. The van der Waals surface area contributed by atoms with E-state index >= 15 is 0 Å². The summed E-state index contributed by atoms with van der Waals surface area (Å²) in [5.41, 5.74) is 6.48. The molecule has 0 spiro atoms. The van der Waals surface area contributed by atoms with E-state index in [1.165, 1.54) is 55.9 Å². The Bertz CT molecular complexity index is 1880. The summed E-state index contributed by atoms with van der Waals surface area (Å²) in [4.78, 5) is 33.8. The highest BCUT2D eigenvalue weighted by Crippen LogP contribution is 2.47. The number of para-hydroxylation sites is 1. The molecule has 0 atom stereocenters. The highest BCUT2D eigenvalue weighted by Gasteiger charge is 2.31. The number of methoxy groups -OCH3 is 1. The number of aromatic nitrogens is 3. The molecule has 220 valence electrons. The van der Waals surface area contributed by atoms with Gasteiger partial charge in [-0.25, -0.2) is 9.78 Å². The fourth-order valence-electron chi connectivity index (χ4n) is 6.85. The van der Waals surface area contributed by atoms with Gasteiger partial charge in [-0.2, -0.15) is 0 Å². The molecule has 7 rings (SSSR count). The Morgan fingerprint density at radius 2 is 1.81 bits per heavy atom. The average molecular weight is 577 g/mol. The summed E-state index contributed by atoms with van der Waals surface area (Å²) in [5, 5.41) is 4.41. The zero-order valence-electron chi connectivity index (χ0n) is 24.8. The fraction of sp³-hybridized carbons (Fsp3) is 0.343. The summed E-state index contributed by atoms with van der Waals surface area (Å²) in [6.45, 7) is 5.13. The number of carbonyl (C=O) groups excluding carboxylic acids is 2. The molecular weight excluding hydrogens is 540 g/mol. The molecule has 2 aromatic heterocycles. The summed E-state index contributed by atoms with van der Waals surface area (Å²) in [6, 6.07) is 19.6. The lowest BCUT2D eigenvalue weighted by Crippen LogP contribution is -2.41. The highest BCUT2D eigenvalue weighted by atomic mass is 16.5. The molecule has 8 heteroatoms. The van der Waals surface area contributed by atoms with Crippen molar-refractivity contribution in [1.82, 2.24) is 19.9 Å². The van der Waals surface area contributed by atoms with Crippen molar-refractivity contribution in [3.8, 4) is 17.0 Å². The number of nitrogens with zero attached hydrogens (tertiary/aromatic N) is 2. The zero-order valence-corrected chi connectivity index (χ0v) is 24.8. The van der Waals surface area contributed by atoms with Crippen LogP contribution in [0, 0.1) is 0 Å². The molecule has 1 aliphatic heterocycles. The van der Waals surface area contributed by atoms with Gasteiger partial charge in [-0.3, -0.25) is 4.79 Å². The molecule has 3 heterocycles. The lowest BCUT2D eigenvalue weighted by atomic mass is 9.81. The van der Waals surface area contributed by atoms with Gasteiger partial charge >= 0.3 is 5.97 Å². The summed E-state index contributed by atoms with van der Waals surface area (Å²) >= 11 is 0. The second-order valence-electron chi connectivity index (χ2n) is 12.2. The first-order valence-corrected chi connectivity index (χ1v) is 15.1. The van der Waals surface area contributed by atoms with Crippen molar-refractivity contribution in [2.45, 2.75) is 64.0 Å². The first-order chi connectivity index (χ1) is 20.8. The number of nitrogens with one attached hydrogen (secondary N) is 2. The Kier molecular flexibility index (Phi) is 6.72. The van der Waals surface area contributed by atoms with Crippen LogP contribution in [0.5, 0.6) is 5.75 Å². The van der Waals surface area contributed by atoms with E-state index in [0.717, 1.165) is 23.4 Å². The van der Waals surface area contributed by atoms with Crippen LogP contribution in [0.25, 0.3) is 33.2 Å². The number of fused-ring (bicyclic) bond motifs is 6. The van der Waals surface area contributed by atoms with E-state index in [1.807, 2.05) is 32.0 Å². The van der Waals surface area contributed by atoms with Crippen molar-refractivity contribution in [2.24, 2.45) is 0 Å². The molecule has 3 aromatic carbocycles. The van der Waals surface area contributed by atoms with E-state index in [1.54, 1.807) is 18.2 Å². The van der Waals surface area contributed by atoms with Gasteiger partial charge < -0.3 is 24.3 Å². The second kappa shape index (κ2) is 10.6. The van der Waals surface area contributed by atoms with E-state index in [0.29, 0.717) is 40.5 Å². The van der Waals surface area contributed by atoms with Gasteiger partial charge in [0.05, 0.1) is 41.5 Å². The van der Waals surface area contributed by atoms with Gasteiger partial charge in [-0.1, -0.05) is 37.5 Å². The number of carbonyl (C=O) groups is 2. The molecular formula is C35H36N4O4. The summed E-state index contributed by atoms with van der Waals surface area (Å²) in [5.74, 6) is 1.42. The Labute approximate surface area is 250 Å². The number of ether oxygens (including phenoxy) is 2. The van der Waals surface area contributed by atoms with E-state index in [9.17, 15) is 9.59 Å². The molecule has 1 fully saturated rings. The Morgan fingerprint density at radius 1 is 1.02 bits per heavy atom. The topological polar surface area (TPSA) is 98.2 Å². The smallest absolute Gasteiger partial charge is 0.337 e. The minimum atomic E-state index is -0.799. The third kappa shape index (κ3) is 4.75. The van der Waals surface area contributed by atoms with Crippen molar-refractivity contribution < 1.29 is 19.1 Å². The first kappa shape index (κ1) is 27.3. The number of amides is 1. The van der Waals surface area contributed by atoms with Crippen LogP contribution in [-0.4, -0.2) is 40.1 Å². The quantitative estimate of drug-likeness (QED) is 0.218. The van der Waals surface area contributed by atoms with Gasteiger partial charge in [-0.05, 0) is 80.6 Å². The number of aromatic amines is 1. The molecule has 43 heavy (non-hydrogen) atoms. The van der Waals surface area contributed by atoms with Crippen LogP contribution in [0.4, 0.5) is 0 Å². The van der Waals surface area contributed by atoms with Gasteiger partial charge in [0.1, 0.15) is 18.2 Å². The first-order valence-electron chi connectivity index (χ1n) is 15.1. The van der Waals surface area contributed by atoms with Crippen LogP contribution < -0.4 is 10.1 Å². The van der Waals surface area contributed by atoms with Crippen molar-refractivity contribution in [2.75, 3.05) is 13.7 Å². The van der Waals surface area contributed by atoms with Gasteiger partial charge in [0.15, 0.2) is 0 Å².